The Bertz CT molecular complexity index is 1100. The number of amides is 2. The first kappa shape index (κ1) is 21.9. The predicted octanol–water partition coefficient (Wildman–Crippen LogP) is 2.60. The van der Waals surface area contributed by atoms with Crippen molar-refractivity contribution in [1.29, 1.82) is 0 Å². The Hall–Kier alpha value is -3.77. The van der Waals surface area contributed by atoms with E-state index in [1.54, 1.807) is 30.3 Å². The predicted molar refractivity (Wildman–Crippen MR) is 115 cm³/mol. The molecule has 0 saturated carbocycles. The lowest BCUT2D eigenvalue weighted by Crippen LogP contribution is -2.44. The average molecular weight is 459 g/mol. The summed E-state index contributed by atoms with van der Waals surface area (Å²) in [5.74, 6) is -1.91. The van der Waals surface area contributed by atoms with Crippen LogP contribution in [0.15, 0.2) is 53.4 Å². The van der Waals surface area contributed by atoms with Gasteiger partial charge >= 0.3 is 5.97 Å². The minimum atomic E-state index is -1.09. The number of thiocarbonyl (C=S) groups is 1. The molecule has 2 amide bonds. The van der Waals surface area contributed by atoms with E-state index in [-0.39, 0.29) is 20.5 Å². The number of carbonyl (C=O) groups is 3. The molecular weight excluding hydrogens is 446 g/mol. The zero-order chi connectivity index (χ0) is 22.5. The van der Waals surface area contributed by atoms with Gasteiger partial charge in [-0.15, -0.1) is 0 Å². The summed E-state index contributed by atoms with van der Waals surface area (Å²) in [5.41, 5.74) is 3.00. The first-order valence-corrected chi connectivity index (χ1v) is 9.75. The maximum atomic E-state index is 12.6. The van der Waals surface area contributed by atoms with E-state index in [2.05, 4.69) is 5.43 Å². The number of carboxylic acids is 1. The van der Waals surface area contributed by atoms with Gasteiger partial charge in [0, 0.05) is 17.7 Å². The minimum Gasteiger partial charge on any atom is -0.482 e. The van der Waals surface area contributed by atoms with Crippen LogP contribution in [0, 0.1) is 10.1 Å². The highest BCUT2D eigenvalue weighted by Crippen LogP contribution is 2.31. The Morgan fingerprint density at radius 2 is 1.84 bits per heavy atom. The summed E-state index contributed by atoms with van der Waals surface area (Å²) in [5, 5.41) is 20.3. The van der Waals surface area contributed by atoms with Crippen molar-refractivity contribution in [3.8, 4) is 5.75 Å². The van der Waals surface area contributed by atoms with Crippen LogP contribution >= 0.6 is 24.0 Å². The highest BCUT2D eigenvalue weighted by molar-refractivity contribution is 8.26. The standard InChI is InChI=1S/C19H13N3O7S2/c23-16(24)10-29-14-7-1-11(2-8-14)9-15-18(26)21(19(30)31-15)20-17(25)12-3-5-13(6-4-12)22(27)28/h1-9H,10H2,(H,20,25)(H,23,24)/b15-9+. The molecule has 10 nitrogen and oxygen atoms in total. The van der Waals surface area contributed by atoms with Gasteiger partial charge in [-0.2, -0.15) is 5.01 Å². The van der Waals surface area contributed by atoms with E-state index >= 15 is 0 Å². The van der Waals surface area contributed by atoms with Gasteiger partial charge in [-0.3, -0.25) is 25.1 Å². The summed E-state index contributed by atoms with van der Waals surface area (Å²) in [6.07, 6.45) is 1.57. The molecule has 2 aromatic rings. The van der Waals surface area contributed by atoms with E-state index < -0.39 is 29.3 Å². The molecule has 2 N–H and O–H groups in total. The summed E-state index contributed by atoms with van der Waals surface area (Å²) in [4.78, 5) is 45.9. The Balaban J connectivity index is 1.68. The second-order valence-electron chi connectivity index (χ2n) is 6.01. The molecule has 31 heavy (non-hydrogen) atoms. The smallest absolute Gasteiger partial charge is 0.341 e. The fourth-order valence-corrected chi connectivity index (χ4v) is 3.60. The lowest BCUT2D eigenvalue weighted by atomic mass is 10.2. The lowest BCUT2D eigenvalue weighted by Gasteiger charge is -2.15. The van der Waals surface area contributed by atoms with Crippen molar-refractivity contribution >= 4 is 57.8 Å². The third kappa shape index (κ3) is 5.43. The van der Waals surface area contributed by atoms with E-state index in [9.17, 15) is 24.5 Å². The number of aliphatic carboxylic acids is 1. The molecule has 1 saturated heterocycles. The van der Waals surface area contributed by atoms with E-state index in [1.165, 1.54) is 24.3 Å². The number of ether oxygens (including phenoxy) is 1. The van der Waals surface area contributed by atoms with Crippen LogP contribution in [0.3, 0.4) is 0 Å². The summed E-state index contributed by atoms with van der Waals surface area (Å²) >= 11 is 6.16. The van der Waals surface area contributed by atoms with Crippen molar-refractivity contribution in [3.63, 3.8) is 0 Å². The molecular formula is C19H13N3O7S2. The van der Waals surface area contributed by atoms with Crippen LogP contribution in [0.5, 0.6) is 5.75 Å². The van der Waals surface area contributed by atoms with Crippen molar-refractivity contribution in [3.05, 3.63) is 74.7 Å². The molecule has 12 heteroatoms. The van der Waals surface area contributed by atoms with Crippen molar-refractivity contribution in [2.45, 2.75) is 0 Å². The molecule has 0 unspecified atom stereocenters. The van der Waals surface area contributed by atoms with Crippen LogP contribution in [-0.4, -0.2) is 43.7 Å². The van der Waals surface area contributed by atoms with E-state index in [0.29, 0.717) is 11.3 Å². The Morgan fingerprint density at radius 3 is 2.42 bits per heavy atom. The molecule has 0 bridgehead atoms. The molecule has 3 rings (SSSR count). The van der Waals surface area contributed by atoms with Gasteiger partial charge in [0.15, 0.2) is 10.9 Å². The number of carbonyl (C=O) groups excluding carboxylic acids is 2. The Morgan fingerprint density at radius 1 is 1.19 bits per heavy atom. The summed E-state index contributed by atoms with van der Waals surface area (Å²) in [6.45, 7) is -0.466. The number of carboxylic acid groups (broad SMARTS) is 1. The van der Waals surface area contributed by atoms with Crippen LogP contribution in [0.4, 0.5) is 5.69 Å². The number of non-ortho nitro benzene ring substituents is 1. The molecule has 158 valence electrons. The fourth-order valence-electron chi connectivity index (χ4n) is 2.42. The Labute approximate surface area is 184 Å². The number of hydrazine groups is 1. The molecule has 0 aromatic heterocycles. The minimum absolute atomic E-state index is 0.118. The lowest BCUT2D eigenvalue weighted by molar-refractivity contribution is -0.384. The van der Waals surface area contributed by atoms with Crippen LogP contribution in [0.2, 0.25) is 0 Å². The van der Waals surface area contributed by atoms with Crippen molar-refractivity contribution in [2.24, 2.45) is 0 Å². The number of nitrogens with one attached hydrogen (secondary N) is 1. The number of hydrogen-bond donors (Lipinski definition) is 2. The number of rotatable bonds is 7. The summed E-state index contributed by atoms with van der Waals surface area (Å²) in [7, 11) is 0. The van der Waals surface area contributed by atoms with Gasteiger partial charge in [-0.1, -0.05) is 23.9 Å². The van der Waals surface area contributed by atoms with Crippen molar-refractivity contribution in [1.82, 2.24) is 10.4 Å². The molecule has 0 aliphatic carbocycles. The maximum absolute atomic E-state index is 12.6. The average Bonchev–Trinajstić information content (AvgIpc) is 3.00. The normalized spacial score (nSPS) is 14.6. The monoisotopic (exact) mass is 459 g/mol. The van der Waals surface area contributed by atoms with Crippen LogP contribution in [0.1, 0.15) is 15.9 Å². The third-order valence-electron chi connectivity index (χ3n) is 3.89. The van der Waals surface area contributed by atoms with Gasteiger partial charge in [0.2, 0.25) is 0 Å². The van der Waals surface area contributed by atoms with Gasteiger partial charge in [0.05, 0.1) is 9.83 Å². The molecule has 0 radical (unpaired) electrons. The zero-order valence-electron chi connectivity index (χ0n) is 15.5. The SMILES string of the molecule is O=C(O)COc1ccc(/C=C2/SC(=S)N(NC(=O)c3ccc([N+](=O)[O-])cc3)C2=O)cc1. The quantitative estimate of drug-likeness (QED) is 0.277. The molecule has 0 atom stereocenters. The number of benzene rings is 2. The van der Waals surface area contributed by atoms with E-state index in [1.807, 2.05) is 0 Å². The molecule has 1 fully saturated rings. The maximum Gasteiger partial charge on any atom is 0.341 e. The van der Waals surface area contributed by atoms with E-state index in [0.717, 1.165) is 16.8 Å². The third-order valence-corrected chi connectivity index (χ3v) is 5.19. The Kier molecular flexibility index (Phi) is 6.62. The highest BCUT2D eigenvalue weighted by atomic mass is 32.2. The first-order valence-electron chi connectivity index (χ1n) is 8.52. The largest absolute Gasteiger partial charge is 0.482 e. The highest BCUT2D eigenvalue weighted by Gasteiger charge is 2.33. The summed E-state index contributed by atoms with van der Waals surface area (Å²) in [6, 6.07) is 11.3. The number of thioether (sulfide) groups is 1. The van der Waals surface area contributed by atoms with Gasteiger partial charge < -0.3 is 9.84 Å². The molecule has 1 heterocycles. The molecule has 1 aliphatic heterocycles. The number of nitrogens with zero attached hydrogens (tertiary/aromatic N) is 2. The molecule has 0 spiro atoms. The second kappa shape index (κ2) is 9.36. The zero-order valence-corrected chi connectivity index (χ0v) is 17.1. The van der Waals surface area contributed by atoms with Gasteiger partial charge in [0.25, 0.3) is 17.5 Å². The fraction of sp³-hybridized carbons (Fsp3) is 0.0526. The van der Waals surface area contributed by atoms with Crippen molar-refractivity contribution in [2.75, 3.05) is 6.61 Å². The molecule has 2 aromatic carbocycles. The number of nitro groups is 1. The second-order valence-corrected chi connectivity index (χ2v) is 7.69. The topological polar surface area (TPSA) is 139 Å². The van der Waals surface area contributed by atoms with Crippen LogP contribution in [0.25, 0.3) is 6.08 Å². The number of nitro benzene ring substituents is 1. The summed E-state index contributed by atoms with van der Waals surface area (Å²) < 4.78 is 5.17. The van der Waals surface area contributed by atoms with Crippen LogP contribution in [-0.2, 0) is 9.59 Å². The van der Waals surface area contributed by atoms with Gasteiger partial charge in [-0.05, 0) is 48.1 Å². The van der Waals surface area contributed by atoms with E-state index in [4.69, 9.17) is 22.1 Å². The number of hydrogen-bond acceptors (Lipinski definition) is 8. The van der Waals surface area contributed by atoms with Gasteiger partial charge in [-0.25, -0.2) is 4.79 Å². The first-order chi connectivity index (χ1) is 14.7. The van der Waals surface area contributed by atoms with Gasteiger partial charge in [0.1, 0.15) is 5.75 Å². The molecule has 1 aliphatic rings. The van der Waals surface area contributed by atoms with Crippen LogP contribution < -0.4 is 10.2 Å². The van der Waals surface area contributed by atoms with Crippen molar-refractivity contribution < 1.29 is 29.2 Å².